The Kier molecular flexibility index (Phi) is 7.02. The average molecular weight is 481 g/mol. The van der Waals surface area contributed by atoms with Gasteiger partial charge in [0.15, 0.2) is 5.82 Å². The molecule has 2 aromatic heterocycles. The van der Waals surface area contributed by atoms with Crippen LogP contribution >= 0.6 is 0 Å². The highest BCUT2D eigenvalue weighted by Crippen LogP contribution is 2.29. The van der Waals surface area contributed by atoms with E-state index in [-0.39, 0.29) is 12.4 Å². The minimum atomic E-state index is -0.271. The third-order valence-corrected chi connectivity index (χ3v) is 6.06. The number of nitrogens with one attached hydrogen (secondary N) is 2. The fourth-order valence-corrected chi connectivity index (χ4v) is 4.16. The van der Waals surface area contributed by atoms with Gasteiger partial charge in [0.25, 0.3) is 0 Å². The van der Waals surface area contributed by atoms with E-state index in [9.17, 15) is 4.79 Å². The van der Waals surface area contributed by atoms with Crippen LogP contribution in [0.2, 0.25) is 0 Å². The van der Waals surface area contributed by atoms with E-state index in [1.54, 1.807) is 6.20 Å². The first-order chi connectivity index (χ1) is 17.7. The lowest BCUT2D eigenvalue weighted by Crippen LogP contribution is -2.18. The molecule has 0 fully saturated rings. The Morgan fingerprint density at radius 2 is 1.69 bits per heavy atom. The number of carbonyl (C=O) groups excluding carboxylic acids is 1. The van der Waals surface area contributed by atoms with Gasteiger partial charge in [0.2, 0.25) is 0 Å². The van der Waals surface area contributed by atoms with Gasteiger partial charge in [0.05, 0.1) is 13.5 Å². The van der Waals surface area contributed by atoms with Crippen molar-refractivity contribution in [1.82, 2.24) is 15.0 Å². The molecule has 5 rings (SSSR count). The molecule has 1 aliphatic heterocycles. The molecule has 8 heteroatoms. The zero-order valence-electron chi connectivity index (χ0n) is 20.1. The molecular weight excluding hydrogens is 452 g/mol. The summed E-state index contributed by atoms with van der Waals surface area (Å²) in [5.74, 6) is 1.72. The zero-order valence-corrected chi connectivity index (χ0v) is 20.1. The summed E-state index contributed by atoms with van der Waals surface area (Å²) in [5, 5.41) is 6.68. The number of methoxy groups -OCH3 is 1. The number of hydrogen-bond donors (Lipinski definition) is 2. The van der Waals surface area contributed by atoms with Gasteiger partial charge in [-0.05, 0) is 41.0 Å². The van der Waals surface area contributed by atoms with Crippen molar-refractivity contribution in [2.24, 2.45) is 0 Å². The van der Waals surface area contributed by atoms with Gasteiger partial charge >= 0.3 is 5.97 Å². The summed E-state index contributed by atoms with van der Waals surface area (Å²) < 4.78 is 4.75. The summed E-state index contributed by atoms with van der Waals surface area (Å²) in [6.07, 6.45) is 2.03. The predicted molar refractivity (Wildman–Crippen MR) is 140 cm³/mol. The van der Waals surface area contributed by atoms with Crippen LogP contribution in [0.25, 0.3) is 11.5 Å². The minimum Gasteiger partial charge on any atom is -0.469 e. The number of anilines is 3. The first kappa shape index (κ1) is 23.3. The summed E-state index contributed by atoms with van der Waals surface area (Å²) >= 11 is 0. The molecule has 0 atom stereocenters. The Balaban J connectivity index is 1.40. The molecule has 0 saturated carbocycles. The lowest BCUT2D eigenvalue weighted by molar-refractivity contribution is -0.140. The van der Waals surface area contributed by atoms with E-state index in [0.717, 1.165) is 30.2 Å². The molecular formula is C28H28N6O2. The van der Waals surface area contributed by atoms with Crippen molar-refractivity contribution in [3.8, 4) is 11.5 Å². The number of benzene rings is 2. The van der Waals surface area contributed by atoms with Gasteiger partial charge in [-0.1, -0.05) is 42.5 Å². The lowest BCUT2D eigenvalue weighted by Gasteiger charge is -2.19. The van der Waals surface area contributed by atoms with Crippen LogP contribution in [0.15, 0.2) is 79.0 Å². The maximum atomic E-state index is 11.6. The standard InChI is InChI=1S/C28H28N6O2/c1-36-27(35)12-14-30-25-16-26(34-18-21-7-5-6-8-22(21)19-34)33-28(32-25)24-15-20(11-13-29-24)17-31-23-9-3-2-4-10-23/h2-11,13,15-16,31H,12,14,17-19H2,1H3,(H,30,32,33). The van der Waals surface area contributed by atoms with E-state index in [0.29, 0.717) is 30.4 Å². The van der Waals surface area contributed by atoms with Crippen molar-refractivity contribution in [2.75, 3.05) is 29.2 Å². The monoisotopic (exact) mass is 480 g/mol. The van der Waals surface area contributed by atoms with Crippen molar-refractivity contribution in [2.45, 2.75) is 26.1 Å². The summed E-state index contributed by atoms with van der Waals surface area (Å²) in [4.78, 5) is 28.0. The largest absolute Gasteiger partial charge is 0.469 e. The van der Waals surface area contributed by atoms with Crippen LogP contribution in [0, 0.1) is 0 Å². The predicted octanol–water partition coefficient (Wildman–Crippen LogP) is 4.65. The van der Waals surface area contributed by atoms with E-state index in [1.807, 2.05) is 48.5 Å². The van der Waals surface area contributed by atoms with E-state index in [1.165, 1.54) is 18.2 Å². The van der Waals surface area contributed by atoms with Crippen LogP contribution in [0.4, 0.5) is 17.3 Å². The van der Waals surface area contributed by atoms with Gasteiger partial charge in [0.1, 0.15) is 17.3 Å². The zero-order chi connectivity index (χ0) is 24.7. The summed E-state index contributed by atoms with van der Waals surface area (Å²) in [5.41, 5.74) is 5.42. The van der Waals surface area contributed by atoms with E-state index < -0.39 is 0 Å². The first-order valence-corrected chi connectivity index (χ1v) is 11.9. The number of fused-ring (bicyclic) bond motifs is 1. The molecule has 0 amide bonds. The molecule has 36 heavy (non-hydrogen) atoms. The Bertz CT molecular complexity index is 1320. The van der Waals surface area contributed by atoms with E-state index >= 15 is 0 Å². The first-order valence-electron chi connectivity index (χ1n) is 11.9. The number of hydrogen-bond acceptors (Lipinski definition) is 8. The number of para-hydroxylation sites is 1. The van der Waals surface area contributed by atoms with E-state index in [2.05, 4.69) is 44.8 Å². The number of esters is 1. The third-order valence-electron chi connectivity index (χ3n) is 6.06. The van der Waals surface area contributed by atoms with Gasteiger partial charge in [0, 0.05) is 44.1 Å². The number of aromatic nitrogens is 3. The Morgan fingerprint density at radius 3 is 2.44 bits per heavy atom. The number of pyridine rings is 1. The average Bonchev–Trinajstić information content (AvgIpc) is 3.37. The van der Waals surface area contributed by atoms with E-state index in [4.69, 9.17) is 14.7 Å². The normalized spacial score (nSPS) is 12.2. The molecule has 8 nitrogen and oxygen atoms in total. The lowest BCUT2D eigenvalue weighted by atomic mass is 10.1. The molecule has 0 unspecified atom stereocenters. The maximum absolute atomic E-state index is 11.6. The van der Waals surface area contributed by atoms with Crippen LogP contribution < -0.4 is 15.5 Å². The highest BCUT2D eigenvalue weighted by Gasteiger charge is 2.21. The minimum absolute atomic E-state index is 0.249. The Hall–Kier alpha value is -4.46. The molecule has 0 saturated heterocycles. The maximum Gasteiger partial charge on any atom is 0.307 e. The molecule has 3 heterocycles. The van der Waals surface area contributed by atoms with Crippen molar-refractivity contribution in [1.29, 1.82) is 0 Å². The fraction of sp³-hybridized carbons (Fsp3) is 0.214. The van der Waals surface area contributed by atoms with Crippen LogP contribution in [-0.4, -0.2) is 34.6 Å². The second-order valence-electron chi connectivity index (χ2n) is 8.58. The topological polar surface area (TPSA) is 92.3 Å². The van der Waals surface area contributed by atoms with Crippen LogP contribution in [0.5, 0.6) is 0 Å². The third kappa shape index (κ3) is 5.60. The molecule has 0 spiro atoms. The van der Waals surface area contributed by atoms with Gasteiger partial charge < -0.3 is 20.3 Å². The van der Waals surface area contributed by atoms with Crippen LogP contribution in [0.1, 0.15) is 23.1 Å². The summed E-state index contributed by atoms with van der Waals surface area (Å²) in [7, 11) is 1.39. The highest BCUT2D eigenvalue weighted by atomic mass is 16.5. The van der Waals surface area contributed by atoms with Crippen molar-refractivity contribution >= 4 is 23.3 Å². The molecule has 2 aromatic carbocycles. The summed E-state index contributed by atoms with van der Waals surface area (Å²) in [6, 6.07) is 24.4. The van der Waals surface area contributed by atoms with Crippen molar-refractivity contribution < 1.29 is 9.53 Å². The van der Waals surface area contributed by atoms with Crippen LogP contribution in [-0.2, 0) is 29.2 Å². The molecule has 1 aliphatic rings. The Morgan fingerprint density at radius 1 is 0.944 bits per heavy atom. The van der Waals surface area contributed by atoms with Gasteiger partial charge in [-0.2, -0.15) is 0 Å². The number of rotatable bonds is 9. The van der Waals surface area contributed by atoms with Crippen molar-refractivity contribution in [3.05, 3.63) is 95.7 Å². The van der Waals surface area contributed by atoms with Crippen LogP contribution in [0.3, 0.4) is 0 Å². The van der Waals surface area contributed by atoms with Gasteiger partial charge in [-0.25, -0.2) is 9.97 Å². The molecule has 4 aromatic rings. The SMILES string of the molecule is COC(=O)CCNc1cc(N2Cc3ccccc3C2)nc(-c2cc(CNc3ccccc3)ccn2)n1. The highest BCUT2D eigenvalue weighted by molar-refractivity contribution is 5.70. The molecule has 0 radical (unpaired) electrons. The van der Waals surface area contributed by atoms with Crippen molar-refractivity contribution in [3.63, 3.8) is 0 Å². The number of ether oxygens (including phenoxy) is 1. The number of carbonyl (C=O) groups is 1. The Labute approximate surface area is 210 Å². The number of nitrogens with zero attached hydrogens (tertiary/aromatic N) is 4. The molecule has 182 valence electrons. The fourth-order valence-electron chi connectivity index (χ4n) is 4.16. The second kappa shape index (κ2) is 10.9. The molecule has 0 aliphatic carbocycles. The van der Waals surface area contributed by atoms with Gasteiger partial charge in [-0.3, -0.25) is 9.78 Å². The quantitative estimate of drug-likeness (QED) is 0.335. The van der Waals surface area contributed by atoms with Gasteiger partial charge in [-0.15, -0.1) is 0 Å². The second-order valence-corrected chi connectivity index (χ2v) is 8.58. The molecule has 0 bridgehead atoms. The molecule has 2 N–H and O–H groups in total. The summed E-state index contributed by atoms with van der Waals surface area (Å²) in [6.45, 7) is 2.63. The smallest absolute Gasteiger partial charge is 0.307 e.